The van der Waals surface area contributed by atoms with E-state index < -0.39 is 5.79 Å². The molecule has 0 radical (unpaired) electrons. The van der Waals surface area contributed by atoms with Gasteiger partial charge in [0.05, 0.1) is 6.54 Å². The summed E-state index contributed by atoms with van der Waals surface area (Å²) >= 11 is 0. The van der Waals surface area contributed by atoms with Gasteiger partial charge in [-0.1, -0.05) is 69.7 Å². The number of hydrogen-bond donors (Lipinski definition) is 1. The standard InChI is InChI=1S/C21H33NO3/c1-2-3-4-5-6-7-8-9-19-10-12-20(13-11-19)16-22-15-14-21(24,17-22)25-18-23/h10-13,18,24H,2-9,14-17H2,1H3/t21-/m0/s1. The summed E-state index contributed by atoms with van der Waals surface area (Å²) in [5, 5.41) is 10.1. The molecule has 25 heavy (non-hydrogen) atoms. The summed E-state index contributed by atoms with van der Waals surface area (Å²) in [7, 11) is 0. The Morgan fingerprint density at radius 3 is 2.40 bits per heavy atom. The third kappa shape index (κ3) is 7.17. The van der Waals surface area contributed by atoms with Crippen LogP contribution in [0, 0.1) is 0 Å². The van der Waals surface area contributed by atoms with Gasteiger partial charge in [-0.15, -0.1) is 0 Å². The van der Waals surface area contributed by atoms with E-state index >= 15 is 0 Å². The summed E-state index contributed by atoms with van der Waals surface area (Å²) in [6.45, 7) is 4.49. The lowest BCUT2D eigenvalue weighted by atomic mass is 10.0. The van der Waals surface area contributed by atoms with Gasteiger partial charge in [0.15, 0.2) is 0 Å². The zero-order valence-electron chi connectivity index (χ0n) is 15.6. The van der Waals surface area contributed by atoms with Gasteiger partial charge < -0.3 is 9.84 Å². The molecule has 0 aliphatic carbocycles. The third-order valence-corrected chi connectivity index (χ3v) is 5.05. The fraction of sp³-hybridized carbons (Fsp3) is 0.667. The van der Waals surface area contributed by atoms with Crippen LogP contribution in [0.3, 0.4) is 0 Å². The Bertz CT molecular complexity index is 502. The van der Waals surface area contributed by atoms with Crippen molar-refractivity contribution < 1.29 is 14.6 Å². The van der Waals surface area contributed by atoms with Crippen molar-refractivity contribution in [2.45, 2.75) is 77.0 Å². The number of carbonyl (C=O) groups is 1. The first-order chi connectivity index (χ1) is 12.1. The molecule has 1 saturated heterocycles. The minimum Gasteiger partial charge on any atom is -0.434 e. The van der Waals surface area contributed by atoms with Crippen LogP contribution in [0.4, 0.5) is 0 Å². The van der Waals surface area contributed by atoms with Crippen molar-refractivity contribution in [3.63, 3.8) is 0 Å². The van der Waals surface area contributed by atoms with E-state index in [9.17, 15) is 9.90 Å². The number of nitrogens with zero attached hydrogens (tertiary/aromatic N) is 1. The molecule has 1 fully saturated rings. The minimum absolute atomic E-state index is 0.335. The van der Waals surface area contributed by atoms with Crippen molar-refractivity contribution in [1.29, 1.82) is 0 Å². The maximum Gasteiger partial charge on any atom is 0.295 e. The molecule has 0 amide bonds. The van der Waals surface area contributed by atoms with Crippen LogP contribution in [-0.4, -0.2) is 35.4 Å². The van der Waals surface area contributed by atoms with Crippen LogP contribution in [-0.2, 0) is 22.5 Å². The summed E-state index contributed by atoms with van der Waals surface area (Å²) in [6, 6.07) is 8.79. The Hall–Kier alpha value is -1.39. The Balaban J connectivity index is 1.65. The number of aryl methyl sites for hydroxylation is 1. The fourth-order valence-corrected chi connectivity index (χ4v) is 3.52. The highest BCUT2D eigenvalue weighted by atomic mass is 16.6. The van der Waals surface area contributed by atoms with Crippen LogP contribution in [0.15, 0.2) is 24.3 Å². The van der Waals surface area contributed by atoms with E-state index in [2.05, 4.69) is 36.1 Å². The second-order valence-electron chi connectivity index (χ2n) is 7.31. The lowest BCUT2D eigenvalue weighted by molar-refractivity contribution is -0.189. The van der Waals surface area contributed by atoms with Crippen LogP contribution in [0.25, 0.3) is 0 Å². The molecule has 1 aromatic carbocycles. The van der Waals surface area contributed by atoms with E-state index in [1.54, 1.807) is 0 Å². The summed E-state index contributed by atoms with van der Waals surface area (Å²) in [4.78, 5) is 12.6. The van der Waals surface area contributed by atoms with Crippen molar-refractivity contribution in [3.05, 3.63) is 35.4 Å². The van der Waals surface area contributed by atoms with Crippen LogP contribution in [0.2, 0.25) is 0 Å². The molecule has 1 N–H and O–H groups in total. The first-order valence-electron chi connectivity index (χ1n) is 9.79. The van der Waals surface area contributed by atoms with Gasteiger partial charge in [-0.25, -0.2) is 0 Å². The van der Waals surface area contributed by atoms with E-state index in [1.807, 2.05) is 0 Å². The molecule has 0 spiro atoms. The third-order valence-electron chi connectivity index (χ3n) is 5.05. The largest absolute Gasteiger partial charge is 0.434 e. The summed E-state index contributed by atoms with van der Waals surface area (Å²) in [5.41, 5.74) is 2.64. The number of rotatable bonds is 12. The van der Waals surface area contributed by atoms with E-state index in [1.165, 1.54) is 56.1 Å². The van der Waals surface area contributed by atoms with Gasteiger partial charge in [-0.2, -0.15) is 0 Å². The number of hydrogen-bond acceptors (Lipinski definition) is 4. The van der Waals surface area contributed by atoms with Gasteiger partial charge >= 0.3 is 0 Å². The van der Waals surface area contributed by atoms with Crippen molar-refractivity contribution in [2.24, 2.45) is 0 Å². The molecule has 4 heteroatoms. The van der Waals surface area contributed by atoms with Crippen LogP contribution in [0.5, 0.6) is 0 Å². The molecule has 0 unspecified atom stereocenters. The lowest BCUT2D eigenvalue weighted by Gasteiger charge is -2.21. The van der Waals surface area contributed by atoms with Crippen molar-refractivity contribution >= 4 is 6.47 Å². The Labute approximate surface area is 152 Å². The predicted molar refractivity (Wildman–Crippen MR) is 100 cm³/mol. The molecule has 4 nitrogen and oxygen atoms in total. The predicted octanol–water partition coefficient (Wildman–Crippen LogP) is 4.05. The summed E-state index contributed by atoms with van der Waals surface area (Å²) in [6.07, 6.45) is 11.0. The number of benzene rings is 1. The molecule has 1 atom stereocenters. The molecule has 1 aliphatic heterocycles. The second kappa shape index (κ2) is 10.6. The quantitative estimate of drug-likeness (QED) is 0.352. The normalized spacial score (nSPS) is 20.7. The maximum atomic E-state index is 10.4. The topological polar surface area (TPSA) is 49.8 Å². The SMILES string of the molecule is CCCCCCCCCc1ccc(CN2CC[C@](O)(OC=O)C2)cc1. The van der Waals surface area contributed by atoms with E-state index in [-0.39, 0.29) is 0 Å². The van der Waals surface area contributed by atoms with Gasteiger partial charge in [0.25, 0.3) is 6.47 Å². The number of β-amino-alcohol motifs (C(OH)–C–C–N with tert-alkyl or cyclic N) is 1. The average molecular weight is 347 g/mol. The molecular weight excluding hydrogens is 314 g/mol. The highest BCUT2D eigenvalue weighted by Gasteiger charge is 2.37. The average Bonchev–Trinajstić information content (AvgIpc) is 2.96. The molecule has 0 aromatic heterocycles. The van der Waals surface area contributed by atoms with Gasteiger partial charge in [-0.05, 0) is 24.0 Å². The van der Waals surface area contributed by atoms with Crippen molar-refractivity contribution in [1.82, 2.24) is 4.90 Å². The number of carbonyl (C=O) groups excluding carboxylic acids is 1. The molecule has 2 rings (SSSR count). The van der Waals surface area contributed by atoms with Crippen LogP contribution in [0.1, 0.15) is 69.4 Å². The Morgan fingerprint density at radius 1 is 1.08 bits per heavy atom. The van der Waals surface area contributed by atoms with Gasteiger partial charge in [0.1, 0.15) is 0 Å². The molecule has 0 bridgehead atoms. The zero-order valence-corrected chi connectivity index (χ0v) is 15.6. The Kier molecular flexibility index (Phi) is 8.42. The highest BCUT2D eigenvalue weighted by molar-refractivity contribution is 5.38. The van der Waals surface area contributed by atoms with E-state index in [0.717, 1.165) is 19.5 Å². The Morgan fingerprint density at radius 2 is 1.72 bits per heavy atom. The first-order valence-corrected chi connectivity index (χ1v) is 9.79. The molecule has 0 saturated carbocycles. The lowest BCUT2D eigenvalue weighted by Crippen LogP contribution is -2.35. The first kappa shape index (κ1) is 19.9. The summed E-state index contributed by atoms with van der Waals surface area (Å²) in [5.74, 6) is -1.31. The number of ether oxygens (including phenoxy) is 1. The van der Waals surface area contributed by atoms with Crippen LogP contribution >= 0.6 is 0 Å². The monoisotopic (exact) mass is 347 g/mol. The summed E-state index contributed by atoms with van der Waals surface area (Å²) < 4.78 is 4.80. The smallest absolute Gasteiger partial charge is 0.295 e. The number of likely N-dealkylation sites (tertiary alicyclic amines) is 1. The minimum atomic E-state index is -1.31. The van der Waals surface area contributed by atoms with E-state index in [4.69, 9.17) is 4.74 Å². The van der Waals surface area contributed by atoms with Crippen molar-refractivity contribution in [3.8, 4) is 0 Å². The number of unbranched alkanes of at least 4 members (excludes halogenated alkanes) is 6. The maximum absolute atomic E-state index is 10.4. The van der Waals surface area contributed by atoms with Crippen molar-refractivity contribution in [2.75, 3.05) is 13.1 Å². The highest BCUT2D eigenvalue weighted by Crippen LogP contribution is 2.23. The second-order valence-corrected chi connectivity index (χ2v) is 7.31. The fourth-order valence-electron chi connectivity index (χ4n) is 3.52. The van der Waals surface area contributed by atoms with Gasteiger partial charge in [-0.3, -0.25) is 9.69 Å². The van der Waals surface area contributed by atoms with Crippen LogP contribution < -0.4 is 0 Å². The molecular formula is C21H33NO3. The molecule has 1 aromatic rings. The molecule has 1 aliphatic rings. The van der Waals surface area contributed by atoms with Gasteiger partial charge in [0.2, 0.25) is 5.79 Å². The zero-order chi connectivity index (χ0) is 18.0. The molecule has 1 heterocycles. The number of aliphatic hydroxyl groups is 1. The van der Waals surface area contributed by atoms with E-state index in [0.29, 0.717) is 19.4 Å². The van der Waals surface area contributed by atoms with Gasteiger partial charge in [0, 0.05) is 19.5 Å². The molecule has 140 valence electrons.